The predicted octanol–water partition coefficient (Wildman–Crippen LogP) is 2.47. The third-order valence-corrected chi connectivity index (χ3v) is 3.80. The lowest BCUT2D eigenvalue weighted by Crippen LogP contribution is -1.98. The highest BCUT2D eigenvalue weighted by molar-refractivity contribution is 7.99. The summed E-state index contributed by atoms with van der Waals surface area (Å²) in [7, 11) is 3.54. The van der Waals surface area contributed by atoms with E-state index in [1.807, 2.05) is 12.4 Å². The number of thioether (sulfide) groups is 1. The number of anilines is 1. The van der Waals surface area contributed by atoms with E-state index < -0.39 is 0 Å². The van der Waals surface area contributed by atoms with Crippen LogP contribution in [0.4, 0.5) is 5.95 Å². The van der Waals surface area contributed by atoms with E-state index in [0.717, 1.165) is 27.6 Å². The Labute approximate surface area is 102 Å². The molecule has 0 atom stereocenters. The molecule has 0 aliphatic heterocycles. The van der Waals surface area contributed by atoms with E-state index in [1.165, 1.54) is 0 Å². The average molecular weight is 255 g/mol. The van der Waals surface area contributed by atoms with Crippen molar-refractivity contribution >= 4 is 39.3 Å². The van der Waals surface area contributed by atoms with Gasteiger partial charge in [-0.3, -0.25) is 0 Å². The van der Waals surface area contributed by atoms with Gasteiger partial charge in [0.1, 0.15) is 9.86 Å². The van der Waals surface area contributed by atoms with Crippen molar-refractivity contribution < 1.29 is 4.74 Å². The Bertz CT molecular complexity index is 472. The SMILES string of the molecule is CNc1nc(SCCOC)c2ccsc2n1. The number of hydrogen-bond donors (Lipinski definition) is 1. The Morgan fingerprint density at radius 1 is 1.50 bits per heavy atom. The molecule has 0 amide bonds. The topological polar surface area (TPSA) is 47.0 Å². The number of thiophene rings is 1. The van der Waals surface area contributed by atoms with Crippen molar-refractivity contribution in [1.29, 1.82) is 0 Å². The molecule has 0 aliphatic rings. The zero-order chi connectivity index (χ0) is 11.4. The molecule has 86 valence electrons. The van der Waals surface area contributed by atoms with Crippen molar-refractivity contribution in [3.8, 4) is 0 Å². The van der Waals surface area contributed by atoms with Gasteiger partial charge >= 0.3 is 0 Å². The highest BCUT2D eigenvalue weighted by atomic mass is 32.2. The van der Waals surface area contributed by atoms with E-state index in [9.17, 15) is 0 Å². The minimum atomic E-state index is 0.676. The fourth-order valence-electron chi connectivity index (χ4n) is 1.27. The van der Waals surface area contributed by atoms with E-state index >= 15 is 0 Å². The first-order chi connectivity index (χ1) is 7.85. The summed E-state index contributed by atoms with van der Waals surface area (Å²) in [6, 6.07) is 2.06. The Balaban J connectivity index is 2.29. The molecule has 2 aromatic rings. The summed E-state index contributed by atoms with van der Waals surface area (Å²) in [6.07, 6.45) is 0. The molecule has 16 heavy (non-hydrogen) atoms. The molecule has 6 heteroatoms. The second kappa shape index (κ2) is 5.47. The van der Waals surface area contributed by atoms with Gasteiger partial charge in [0.15, 0.2) is 0 Å². The van der Waals surface area contributed by atoms with Crippen LogP contribution in [0.25, 0.3) is 10.2 Å². The third kappa shape index (κ3) is 2.45. The molecule has 0 unspecified atom stereocenters. The molecule has 0 bridgehead atoms. The van der Waals surface area contributed by atoms with Crippen LogP contribution in [0.1, 0.15) is 0 Å². The maximum Gasteiger partial charge on any atom is 0.224 e. The van der Waals surface area contributed by atoms with Gasteiger partial charge in [-0.1, -0.05) is 0 Å². The molecule has 2 rings (SSSR count). The van der Waals surface area contributed by atoms with Crippen LogP contribution in [-0.4, -0.2) is 36.5 Å². The van der Waals surface area contributed by atoms with Crippen molar-refractivity contribution in [3.63, 3.8) is 0 Å². The molecule has 0 saturated heterocycles. The van der Waals surface area contributed by atoms with Gasteiger partial charge in [-0.25, -0.2) is 9.97 Å². The molecule has 0 aromatic carbocycles. The summed E-state index contributed by atoms with van der Waals surface area (Å²) in [5.74, 6) is 1.58. The van der Waals surface area contributed by atoms with Crippen LogP contribution in [0.3, 0.4) is 0 Å². The number of nitrogens with one attached hydrogen (secondary N) is 1. The predicted molar refractivity (Wildman–Crippen MR) is 69.6 cm³/mol. The highest BCUT2D eigenvalue weighted by Gasteiger charge is 2.08. The van der Waals surface area contributed by atoms with Gasteiger partial charge in [-0.2, -0.15) is 0 Å². The molecule has 1 N–H and O–H groups in total. The second-order valence-electron chi connectivity index (χ2n) is 3.08. The standard InChI is InChI=1S/C10H13N3OS2/c1-11-10-12-8-7(3-5-15-8)9(13-10)16-6-4-14-2/h3,5H,4,6H2,1-2H3,(H,11,12,13). The minimum absolute atomic E-state index is 0.676. The number of rotatable bonds is 5. The largest absolute Gasteiger partial charge is 0.384 e. The molecule has 2 aromatic heterocycles. The van der Waals surface area contributed by atoms with Crippen molar-refractivity contribution in [2.75, 3.05) is 31.8 Å². The third-order valence-electron chi connectivity index (χ3n) is 2.04. The maximum atomic E-state index is 5.04. The van der Waals surface area contributed by atoms with Crippen LogP contribution >= 0.6 is 23.1 Å². The van der Waals surface area contributed by atoms with Crippen LogP contribution in [0, 0.1) is 0 Å². The first kappa shape index (κ1) is 11.6. The van der Waals surface area contributed by atoms with Crippen molar-refractivity contribution in [1.82, 2.24) is 9.97 Å². The molecule has 2 heterocycles. The lowest BCUT2D eigenvalue weighted by Gasteiger charge is -2.04. The Morgan fingerprint density at radius 2 is 2.38 bits per heavy atom. The fraction of sp³-hybridized carbons (Fsp3) is 0.400. The number of fused-ring (bicyclic) bond motifs is 1. The number of methoxy groups -OCH3 is 1. The zero-order valence-electron chi connectivity index (χ0n) is 9.19. The first-order valence-corrected chi connectivity index (χ1v) is 6.76. The van der Waals surface area contributed by atoms with E-state index in [0.29, 0.717) is 5.95 Å². The van der Waals surface area contributed by atoms with Crippen LogP contribution in [0.15, 0.2) is 16.5 Å². The summed E-state index contributed by atoms with van der Waals surface area (Å²) < 4.78 is 5.04. The van der Waals surface area contributed by atoms with Gasteiger partial charge in [0.25, 0.3) is 0 Å². The van der Waals surface area contributed by atoms with Crippen LogP contribution in [-0.2, 0) is 4.74 Å². The zero-order valence-corrected chi connectivity index (χ0v) is 10.8. The number of ether oxygens (including phenoxy) is 1. The number of aromatic nitrogens is 2. The van der Waals surface area contributed by atoms with Gasteiger partial charge in [0.05, 0.1) is 6.61 Å². The fourth-order valence-corrected chi connectivity index (χ4v) is 3.01. The van der Waals surface area contributed by atoms with Gasteiger partial charge in [0.2, 0.25) is 5.95 Å². The summed E-state index contributed by atoms with van der Waals surface area (Å²) >= 11 is 3.33. The molecular formula is C10H13N3OS2. The minimum Gasteiger partial charge on any atom is -0.384 e. The maximum absolute atomic E-state index is 5.04. The van der Waals surface area contributed by atoms with Crippen molar-refractivity contribution in [2.45, 2.75) is 5.03 Å². The molecule has 0 fully saturated rings. The molecule has 0 saturated carbocycles. The molecule has 4 nitrogen and oxygen atoms in total. The summed E-state index contributed by atoms with van der Waals surface area (Å²) in [5.41, 5.74) is 0. The summed E-state index contributed by atoms with van der Waals surface area (Å²) in [6.45, 7) is 0.731. The monoisotopic (exact) mass is 255 g/mol. The van der Waals surface area contributed by atoms with Crippen LogP contribution in [0.5, 0.6) is 0 Å². The molecule has 0 radical (unpaired) electrons. The lowest BCUT2D eigenvalue weighted by atomic mass is 10.4. The Kier molecular flexibility index (Phi) is 3.98. The first-order valence-electron chi connectivity index (χ1n) is 4.90. The van der Waals surface area contributed by atoms with Crippen molar-refractivity contribution in [3.05, 3.63) is 11.4 Å². The van der Waals surface area contributed by atoms with Gasteiger partial charge in [-0.15, -0.1) is 23.1 Å². The van der Waals surface area contributed by atoms with E-state index in [1.54, 1.807) is 30.2 Å². The smallest absolute Gasteiger partial charge is 0.224 e. The summed E-state index contributed by atoms with van der Waals surface area (Å²) in [4.78, 5) is 9.88. The lowest BCUT2D eigenvalue weighted by molar-refractivity contribution is 0.218. The van der Waals surface area contributed by atoms with E-state index in [-0.39, 0.29) is 0 Å². The van der Waals surface area contributed by atoms with Crippen LogP contribution < -0.4 is 5.32 Å². The van der Waals surface area contributed by atoms with Crippen molar-refractivity contribution in [2.24, 2.45) is 0 Å². The highest BCUT2D eigenvalue weighted by Crippen LogP contribution is 2.29. The van der Waals surface area contributed by atoms with Gasteiger partial charge in [-0.05, 0) is 11.4 Å². The van der Waals surface area contributed by atoms with E-state index in [4.69, 9.17) is 4.74 Å². The Morgan fingerprint density at radius 3 is 3.12 bits per heavy atom. The van der Waals surface area contributed by atoms with E-state index in [2.05, 4.69) is 21.4 Å². The molecular weight excluding hydrogens is 242 g/mol. The number of hydrogen-bond acceptors (Lipinski definition) is 6. The Hall–Kier alpha value is -0.850. The molecule has 0 spiro atoms. The average Bonchev–Trinajstić information content (AvgIpc) is 2.77. The number of nitrogens with zero attached hydrogens (tertiary/aromatic N) is 2. The van der Waals surface area contributed by atoms with Gasteiger partial charge in [0, 0.05) is 25.3 Å². The molecule has 0 aliphatic carbocycles. The van der Waals surface area contributed by atoms with Gasteiger partial charge < -0.3 is 10.1 Å². The normalized spacial score (nSPS) is 10.9. The quantitative estimate of drug-likeness (QED) is 0.505. The second-order valence-corrected chi connectivity index (χ2v) is 5.06. The summed E-state index contributed by atoms with van der Waals surface area (Å²) in [5, 5.41) is 7.17. The van der Waals surface area contributed by atoms with Crippen LogP contribution in [0.2, 0.25) is 0 Å².